The number of carboxylic acid groups (broad SMARTS) is 1. The van der Waals surface area contributed by atoms with Crippen LogP contribution in [-0.2, 0) is 11.0 Å². The number of unbranched alkanes of at least 4 members (excludes halogenated alkanes) is 1. The first-order chi connectivity index (χ1) is 17.2. The second-order valence-electron chi connectivity index (χ2n) is 8.37. The number of aliphatic carboxylic acids is 1. The zero-order valence-electron chi connectivity index (χ0n) is 19.8. The van der Waals surface area contributed by atoms with E-state index in [4.69, 9.17) is 9.84 Å². The molecule has 0 bridgehead atoms. The standard InChI is InChI=1S/C28H28F3NO4/c1-2-3-4-25(21-5-7-22(8-6-21)27(35)32-18-17-26(33)34)36-24-15-11-20(12-16-24)19-9-13-23(14-10-19)28(29,30)31/h5-16,25H,2-4,17-18H2,1H3,(H,32,35)(H,33,34). The number of amides is 1. The van der Waals surface area contributed by atoms with Gasteiger partial charge >= 0.3 is 12.1 Å². The fourth-order valence-electron chi connectivity index (χ4n) is 3.66. The zero-order valence-corrected chi connectivity index (χ0v) is 19.8. The maximum absolute atomic E-state index is 12.8. The molecule has 3 aromatic carbocycles. The molecule has 0 spiro atoms. The summed E-state index contributed by atoms with van der Waals surface area (Å²) in [4.78, 5) is 22.8. The molecule has 36 heavy (non-hydrogen) atoms. The fourth-order valence-corrected chi connectivity index (χ4v) is 3.66. The molecule has 8 heteroatoms. The molecule has 0 aliphatic heterocycles. The van der Waals surface area contributed by atoms with E-state index in [-0.39, 0.29) is 25.0 Å². The van der Waals surface area contributed by atoms with Crippen molar-refractivity contribution in [3.05, 3.63) is 89.5 Å². The summed E-state index contributed by atoms with van der Waals surface area (Å²) in [6, 6.07) is 19.2. The smallest absolute Gasteiger partial charge is 0.416 e. The third-order valence-electron chi connectivity index (χ3n) is 5.67. The Morgan fingerprint density at radius 1 is 0.917 bits per heavy atom. The van der Waals surface area contributed by atoms with Crippen LogP contribution in [-0.4, -0.2) is 23.5 Å². The van der Waals surface area contributed by atoms with Gasteiger partial charge in [0, 0.05) is 12.1 Å². The lowest BCUT2D eigenvalue weighted by atomic mass is 10.0. The number of hydrogen-bond donors (Lipinski definition) is 2. The van der Waals surface area contributed by atoms with E-state index in [1.54, 1.807) is 36.4 Å². The number of carboxylic acids is 1. The average molecular weight is 500 g/mol. The van der Waals surface area contributed by atoms with E-state index in [1.165, 1.54) is 12.1 Å². The number of nitrogens with one attached hydrogen (secondary N) is 1. The van der Waals surface area contributed by atoms with Crippen molar-refractivity contribution in [3.8, 4) is 16.9 Å². The normalized spacial score (nSPS) is 12.1. The summed E-state index contributed by atoms with van der Waals surface area (Å²) in [5, 5.41) is 11.3. The van der Waals surface area contributed by atoms with E-state index in [0.717, 1.165) is 42.5 Å². The van der Waals surface area contributed by atoms with Gasteiger partial charge in [0.25, 0.3) is 5.91 Å². The predicted octanol–water partition coefficient (Wildman–Crippen LogP) is 6.89. The second kappa shape index (κ2) is 12.2. The second-order valence-corrected chi connectivity index (χ2v) is 8.37. The highest BCUT2D eigenvalue weighted by Gasteiger charge is 2.30. The van der Waals surface area contributed by atoms with Crippen LogP contribution in [0.5, 0.6) is 5.75 Å². The van der Waals surface area contributed by atoms with Gasteiger partial charge in [-0.25, -0.2) is 0 Å². The van der Waals surface area contributed by atoms with Crippen LogP contribution >= 0.6 is 0 Å². The van der Waals surface area contributed by atoms with Crippen molar-refractivity contribution >= 4 is 11.9 Å². The fraction of sp³-hybridized carbons (Fsp3) is 0.286. The van der Waals surface area contributed by atoms with Gasteiger partial charge in [-0.2, -0.15) is 13.2 Å². The summed E-state index contributed by atoms with van der Waals surface area (Å²) >= 11 is 0. The average Bonchev–Trinajstić information content (AvgIpc) is 2.86. The van der Waals surface area contributed by atoms with E-state index in [1.807, 2.05) is 12.1 Å². The molecule has 0 saturated heterocycles. The van der Waals surface area contributed by atoms with Crippen molar-refractivity contribution in [3.63, 3.8) is 0 Å². The zero-order chi connectivity index (χ0) is 26.1. The molecule has 1 atom stereocenters. The third-order valence-corrected chi connectivity index (χ3v) is 5.67. The van der Waals surface area contributed by atoms with Gasteiger partial charge in [-0.05, 0) is 65.9 Å². The Morgan fingerprint density at radius 3 is 2.03 bits per heavy atom. The molecular formula is C28H28F3NO4. The lowest BCUT2D eigenvalue weighted by Gasteiger charge is -2.20. The van der Waals surface area contributed by atoms with Crippen LogP contribution in [0.2, 0.25) is 0 Å². The number of carbonyl (C=O) groups is 2. The summed E-state index contributed by atoms with van der Waals surface area (Å²) in [5.74, 6) is -0.691. The Bertz CT molecular complexity index is 1140. The molecule has 0 saturated carbocycles. The van der Waals surface area contributed by atoms with Crippen LogP contribution in [0.15, 0.2) is 72.8 Å². The van der Waals surface area contributed by atoms with Gasteiger partial charge in [0.15, 0.2) is 0 Å². The van der Waals surface area contributed by atoms with Gasteiger partial charge in [0.05, 0.1) is 12.0 Å². The number of rotatable bonds is 11. The van der Waals surface area contributed by atoms with Crippen molar-refractivity contribution in [2.75, 3.05) is 6.54 Å². The molecule has 0 aliphatic carbocycles. The molecule has 0 heterocycles. The molecule has 1 unspecified atom stereocenters. The number of alkyl halides is 3. The summed E-state index contributed by atoms with van der Waals surface area (Å²) < 4.78 is 44.7. The molecular weight excluding hydrogens is 471 g/mol. The third kappa shape index (κ3) is 7.60. The maximum atomic E-state index is 12.8. The van der Waals surface area contributed by atoms with E-state index in [9.17, 15) is 22.8 Å². The molecule has 0 aromatic heterocycles. The minimum Gasteiger partial charge on any atom is -0.486 e. The van der Waals surface area contributed by atoms with Crippen molar-refractivity contribution in [2.24, 2.45) is 0 Å². The van der Waals surface area contributed by atoms with Crippen LogP contribution in [0.25, 0.3) is 11.1 Å². The number of carbonyl (C=O) groups excluding carboxylic acids is 1. The highest BCUT2D eigenvalue weighted by molar-refractivity contribution is 5.94. The first-order valence-electron chi connectivity index (χ1n) is 11.7. The van der Waals surface area contributed by atoms with Crippen molar-refractivity contribution in [2.45, 2.75) is 44.9 Å². The van der Waals surface area contributed by atoms with E-state index in [2.05, 4.69) is 12.2 Å². The van der Waals surface area contributed by atoms with Crippen molar-refractivity contribution < 1.29 is 32.6 Å². The first-order valence-corrected chi connectivity index (χ1v) is 11.7. The minimum atomic E-state index is -4.37. The minimum absolute atomic E-state index is 0.0562. The molecule has 1 amide bonds. The van der Waals surface area contributed by atoms with Gasteiger partial charge < -0.3 is 15.2 Å². The lowest BCUT2D eigenvalue weighted by molar-refractivity contribution is -0.138. The van der Waals surface area contributed by atoms with Gasteiger partial charge in [-0.1, -0.05) is 49.7 Å². The first kappa shape index (κ1) is 26.8. The molecule has 3 aromatic rings. The van der Waals surface area contributed by atoms with Gasteiger partial charge in [0.2, 0.25) is 0 Å². The summed E-state index contributed by atoms with van der Waals surface area (Å²) in [7, 11) is 0. The monoisotopic (exact) mass is 499 g/mol. The Hall–Kier alpha value is -3.81. The quantitative estimate of drug-likeness (QED) is 0.301. The number of halogens is 3. The van der Waals surface area contributed by atoms with Crippen molar-refractivity contribution in [1.29, 1.82) is 0 Å². The van der Waals surface area contributed by atoms with E-state index < -0.39 is 17.7 Å². The Labute approximate surface area is 207 Å². The molecule has 3 rings (SSSR count). The molecule has 2 N–H and O–H groups in total. The molecule has 0 radical (unpaired) electrons. The van der Waals surface area contributed by atoms with Crippen LogP contribution < -0.4 is 10.1 Å². The molecule has 190 valence electrons. The highest BCUT2D eigenvalue weighted by atomic mass is 19.4. The topological polar surface area (TPSA) is 75.6 Å². The van der Waals surface area contributed by atoms with Crippen LogP contribution in [0, 0.1) is 0 Å². The van der Waals surface area contributed by atoms with Gasteiger partial charge in [-0.15, -0.1) is 0 Å². The van der Waals surface area contributed by atoms with Gasteiger partial charge in [0.1, 0.15) is 11.9 Å². The van der Waals surface area contributed by atoms with Crippen LogP contribution in [0.4, 0.5) is 13.2 Å². The summed E-state index contributed by atoms with van der Waals surface area (Å²) in [6.45, 7) is 2.14. The maximum Gasteiger partial charge on any atom is 0.416 e. The lowest BCUT2D eigenvalue weighted by Crippen LogP contribution is -2.26. The number of hydrogen-bond acceptors (Lipinski definition) is 3. The Morgan fingerprint density at radius 2 is 1.50 bits per heavy atom. The van der Waals surface area contributed by atoms with Crippen LogP contribution in [0.3, 0.4) is 0 Å². The van der Waals surface area contributed by atoms with E-state index >= 15 is 0 Å². The van der Waals surface area contributed by atoms with Crippen molar-refractivity contribution in [1.82, 2.24) is 5.32 Å². The number of benzene rings is 3. The highest BCUT2D eigenvalue weighted by Crippen LogP contribution is 2.32. The summed E-state index contributed by atoms with van der Waals surface area (Å²) in [6.07, 6.45) is -2.07. The molecule has 5 nitrogen and oxygen atoms in total. The predicted molar refractivity (Wildman–Crippen MR) is 131 cm³/mol. The Balaban J connectivity index is 1.69. The van der Waals surface area contributed by atoms with Crippen LogP contribution in [0.1, 0.15) is 60.2 Å². The summed E-state index contributed by atoms with van der Waals surface area (Å²) in [5.41, 5.74) is 2.10. The van der Waals surface area contributed by atoms with Gasteiger partial charge in [-0.3, -0.25) is 9.59 Å². The number of ether oxygens (including phenoxy) is 1. The SMILES string of the molecule is CCCCC(Oc1ccc(-c2ccc(C(F)(F)F)cc2)cc1)c1ccc(C(=O)NCCC(=O)O)cc1. The van der Waals surface area contributed by atoms with E-state index in [0.29, 0.717) is 16.9 Å². The molecule has 0 fully saturated rings. The molecule has 0 aliphatic rings. The largest absolute Gasteiger partial charge is 0.486 e. The Kier molecular flexibility index (Phi) is 9.11.